The molecule has 0 aliphatic heterocycles. The molecule has 2 aliphatic rings. The van der Waals surface area contributed by atoms with Crippen LogP contribution in [0.4, 0.5) is 4.79 Å². The Bertz CT molecular complexity index is 459. The highest BCUT2D eigenvalue weighted by molar-refractivity contribution is 5.80. The smallest absolute Gasteiger partial charge is 0.408 e. The molecule has 2 saturated carbocycles. The van der Waals surface area contributed by atoms with Crippen molar-refractivity contribution in [2.24, 2.45) is 0 Å². The lowest BCUT2D eigenvalue weighted by Gasteiger charge is -2.30. The summed E-state index contributed by atoms with van der Waals surface area (Å²) in [6.45, 7) is 8.52. The highest BCUT2D eigenvalue weighted by Crippen LogP contribution is 2.22. The molecule has 0 saturated heterocycles. The molecule has 0 spiro atoms. The van der Waals surface area contributed by atoms with Crippen molar-refractivity contribution in [2.45, 2.75) is 115 Å². The maximum atomic E-state index is 11.2. The van der Waals surface area contributed by atoms with E-state index in [1.807, 2.05) is 0 Å². The maximum absolute atomic E-state index is 11.2. The van der Waals surface area contributed by atoms with Crippen LogP contribution < -0.4 is 10.6 Å². The van der Waals surface area contributed by atoms with Crippen LogP contribution in [0.1, 0.15) is 91.4 Å². The molecule has 0 aromatic rings. The Morgan fingerprint density at radius 1 is 1.04 bits per heavy atom. The fraction of sp³-hybridized carbons (Fsp3) is 0.818. The van der Waals surface area contributed by atoms with Gasteiger partial charge in [-0.05, 0) is 52.9 Å². The van der Waals surface area contributed by atoms with Gasteiger partial charge in [-0.1, -0.05) is 44.6 Å². The van der Waals surface area contributed by atoms with E-state index in [1.54, 1.807) is 20.8 Å². The lowest BCUT2D eigenvalue weighted by molar-refractivity contribution is -0.139. The number of amides is 1. The van der Waals surface area contributed by atoms with Crippen LogP contribution in [0.2, 0.25) is 0 Å². The van der Waals surface area contributed by atoms with Crippen molar-refractivity contribution in [1.29, 1.82) is 0 Å². The molecule has 0 bridgehead atoms. The Labute approximate surface area is 170 Å². The van der Waals surface area contributed by atoms with Crippen molar-refractivity contribution < 1.29 is 19.4 Å². The third kappa shape index (κ3) is 11.3. The predicted molar refractivity (Wildman–Crippen MR) is 112 cm³/mol. The second-order valence-electron chi connectivity index (χ2n) is 8.90. The second kappa shape index (κ2) is 12.8. The van der Waals surface area contributed by atoms with E-state index in [9.17, 15) is 9.59 Å². The summed E-state index contributed by atoms with van der Waals surface area (Å²) in [6.07, 6.45) is 15.4. The summed E-state index contributed by atoms with van der Waals surface area (Å²) in [5.74, 6) is -1.11. The number of hydrogen-bond donors (Lipinski definition) is 3. The molecule has 1 amide bonds. The van der Waals surface area contributed by atoms with Crippen LogP contribution in [0.3, 0.4) is 0 Å². The average molecular weight is 397 g/mol. The van der Waals surface area contributed by atoms with Crippen LogP contribution in [-0.2, 0) is 9.53 Å². The van der Waals surface area contributed by atoms with Crippen LogP contribution in [0.15, 0.2) is 12.7 Å². The van der Waals surface area contributed by atoms with Gasteiger partial charge in [-0.25, -0.2) is 9.59 Å². The van der Waals surface area contributed by atoms with Gasteiger partial charge in [0.15, 0.2) is 0 Å². The normalized spacial score (nSPS) is 19.7. The summed E-state index contributed by atoms with van der Waals surface area (Å²) >= 11 is 0. The maximum Gasteiger partial charge on any atom is 0.408 e. The highest BCUT2D eigenvalue weighted by Gasteiger charge is 2.22. The highest BCUT2D eigenvalue weighted by atomic mass is 16.6. The first-order chi connectivity index (χ1) is 13.2. The van der Waals surface area contributed by atoms with Crippen molar-refractivity contribution in [1.82, 2.24) is 10.6 Å². The van der Waals surface area contributed by atoms with Gasteiger partial charge in [0.2, 0.25) is 0 Å². The van der Waals surface area contributed by atoms with E-state index >= 15 is 0 Å². The monoisotopic (exact) mass is 396 g/mol. The molecular formula is C22H40N2O4. The van der Waals surface area contributed by atoms with Crippen molar-refractivity contribution >= 4 is 12.1 Å². The van der Waals surface area contributed by atoms with Gasteiger partial charge in [0.25, 0.3) is 0 Å². The third-order valence-electron chi connectivity index (χ3n) is 5.07. The van der Waals surface area contributed by atoms with E-state index in [4.69, 9.17) is 9.84 Å². The summed E-state index contributed by atoms with van der Waals surface area (Å²) in [6, 6.07) is 0.756. The minimum atomic E-state index is -1.11. The summed E-state index contributed by atoms with van der Waals surface area (Å²) in [5.41, 5.74) is -0.638. The van der Waals surface area contributed by atoms with Crippen molar-refractivity contribution in [3.63, 3.8) is 0 Å². The number of aliphatic carboxylic acids is 1. The van der Waals surface area contributed by atoms with Gasteiger partial charge in [-0.2, -0.15) is 0 Å². The van der Waals surface area contributed by atoms with Gasteiger partial charge < -0.3 is 20.5 Å². The quantitative estimate of drug-likeness (QED) is 0.562. The summed E-state index contributed by atoms with van der Waals surface area (Å²) in [5, 5.41) is 14.8. The fourth-order valence-electron chi connectivity index (χ4n) is 3.71. The van der Waals surface area contributed by atoms with Crippen molar-refractivity contribution in [3.05, 3.63) is 12.7 Å². The van der Waals surface area contributed by atoms with Gasteiger partial charge in [0, 0.05) is 12.1 Å². The summed E-state index contributed by atoms with van der Waals surface area (Å²) in [4.78, 5) is 21.9. The van der Waals surface area contributed by atoms with Crippen LogP contribution >= 0.6 is 0 Å². The molecule has 6 nitrogen and oxygen atoms in total. The molecule has 2 rings (SSSR count). The van der Waals surface area contributed by atoms with E-state index < -0.39 is 23.7 Å². The van der Waals surface area contributed by atoms with Crippen LogP contribution in [0, 0.1) is 0 Å². The Hall–Kier alpha value is -1.56. The number of hydrogen-bond acceptors (Lipinski definition) is 4. The van der Waals surface area contributed by atoms with E-state index in [0.29, 0.717) is 0 Å². The largest absolute Gasteiger partial charge is 0.480 e. The zero-order chi connectivity index (χ0) is 21.0. The average Bonchev–Trinajstić information content (AvgIpc) is 2.62. The van der Waals surface area contributed by atoms with E-state index in [2.05, 4.69) is 17.2 Å². The first-order valence-corrected chi connectivity index (χ1v) is 10.8. The number of alkyl carbamates (subject to hydrolysis) is 1. The molecule has 3 N–H and O–H groups in total. The van der Waals surface area contributed by atoms with E-state index in [-0.39, 0.29) is 6.42 Å². The van der Waals surface area contributed by atoms with Crippen LogP contribution in [-0.4, -0.2) is 40.9 Å². The molecule has 2 aliphatic carbocycles. The van der Waals surface area contributed by atoms with Gasteiger partial charge in [-0.3, -0.25) is 0 Å². The molecule has 1 atom stereocenters. The second-order valence-corrected chi connectivity index (χ2v) is 8.90. The number of carbonyl (C=O) groups is 2. The number of ether oxygens (including phenoxy) is 1. The summed E-state index contributed by atoms with van der Waals surface area (Å²) in [7, 11) is 0. The number of nitrogens with one attached hydrogen (secondary N) is 2. The zero-order valence-electron chi connectivity index (χ0n) is 18.0. The summed E-state index contributed by atoms with van der Waals surface area (Å²) < 4.78 is 4.92. The minimum Gasteiger partial charge on any atom is -0.480 e. The number of carboxylic acid groups (broad SMARTS) is 1. The Balaban J connectivity index is 0.000000281. The fourth-order valence-corrected chi connectivity index (χ4v) is 3.71. The third-order valence-corrected chi connectivity index (χ3v) is 5.07. The van der Waals surface area contributed by atoms with Gasteiger partial charge >= 0.3 is 12.1 Å². The molecule has 0 radical (unpaired) electrons. The Kier molecular flexibility index (Phi) is 11.2. The lowest BCUT2D eigenvalue weighted by atomic mass is 9.91. The Morgan fingerprint density at radius 3 is 1.86 bits per heavy atom. The predicted octanol–water partition coefficient (Wildman–Crippen LogP) is 4.78. The molecule has 6 heteroatoms. The molecule has 2 fully saturated rings. The number of carbonyl (C=O) groups excluding carboxylic acids is 1. The van der Waals surface area contributed by atoms with Gasteiger partial charge in [0.05, 0.1) is 0 Å². The Morgan fingerprint density at radius 2 is 1.50 bits per heavy atom. The number of rotatable bonds is 6. The van der Waals surface area contributed by atoms with Crippen molar-refractivity contribution in [3.8, 4) is 0 Å². The van der Waals surface area contributed by atoms with E-state index in [1.165, 1.54) is 70.3 Å². The molecule has 0 heterocycles. The zero-order valence-corrected chi connectivity index (χ0v) is 18.0. The first-order valence-electron chi connectivity index (χ1n) is 10.8. The minimum absolute atomic E-state index is 0.161. The molecule has 0 aromatic carbocycles. The molecule has 0 aromatic heterocycles. The van der Waals surface area contributed by atoms with Crippen LogP contribution in [0.25, 0.3) is 0 Å². The topological polar surface area (TPSA) is 87.7 Å². The van der Waals surface area contributed by atoms with Crippen LogP contribution in [0.5, 0.6) is 0 Å². The van der Waals surface area contributed by atoms with Crippen molar-refractivity contribution in [2.75, 3.05) is 0 Å². The van der Waals surface area contributed by atoms with Gasteiger partial charge in [-0.15, -0.1) is 6.58 Å². The van der Waals surface area contributed by atoms with E-state index in [0.717, 1.165) is 12.1 Å². The standard InChI is InChI=1S/C12H23N.C10H17NO4/c1-3-7-11(8-4-1)13-12-9-5-2-6-10-12;1-5-6-7(8(12)13)11-9(14)15-10(2,3)4/h11-13H,1-10H2;5,7H,1,6H2,2-4H3,(H,11,14)(H,12,13)/t;7-/m.1/s1. The SMILES string of the molecule is C1CCC(NC2CCCCC2)CC1.C=CC[C@@H](NC(=O)OC(C)(C)C)C(=O)O. The molecular weight excluding hydrogens is 356 g/mol. The first kappa shape index (κ1) is 24.5. The molecule has 0 unspecified atom stereocenters. The lowest BCUT2D eigenvalue weighted by Crippen LogP contribution is -2.43. The number of carboxylic acids is 1. The molecule has 162 valence electrons. The van der Waals surface area contributed by atoms with Gasteiger partial charge in [0.1, 0.15) is 11.6 Å². The molecule has 28 heavy (non-hydrogen) atoms.